The fraction of sp³-hybridized carbons (Fsp3) is 0.623. The van der Waals surface area contributed by atoms with Crippen LogP contribution < -0.4 is 97.0 Å². The van der Waals surface area contributed by atoms with Crippen LogP contribution in [0.4, 0.5) is 0 Å². The van der Waals surface area contributed by atoms with Gasteiger partial charge in [-0.3, -0.25) is 91.3 Å². The number of guanidine groups is 1. The molecule has 44 heteroatoms. The van der Waals surface area contributed by atoms with E-state index in [4.69, 9.17) is 27.4 Å². The number of amides is 16. The molecular weight excluding hydrogens is 1300 g/mol. The molecule has 1 aliphatic heterocycles. The summed E-state index contributed by atoms with van der Waals surface area (Å²) < 4.78 is 0. The molecule has 1 saturated heterocycles. The fourth-order valence-electron chi connectivity index (χ4n) is 8.28. The highest BCUT2D eigenvalue weighted by molar-refractivity contribution is 6.00. The van der Waals surface area contributed by atoms with E-state index in [-0.39, 0.29) is 63.6 Å². The molecule has 0 bridgehead atoms. The van der Waals surface area contributed by atoms with Crippen molar-refractivity contribution >= 4 is 118 Å². The van der Waals surface area contributed by atoms with Gasteiger partial charge in [-0.1, -0.05) is 13.8 Å². The molecule has 97 heavy (non-hydrogen) atoms. The number of nitrogens with one attached hydrogen (secondary N) is 15. The summed E-state index contributed by atoms with van der Waals surface area (Å²) >= 11 is 0. The summed E-state index contributed by atoms with van der Waals surface area (Å²) in [6.45, 7) is -3.49. The number of nitrogens with two attached hydrogens (primary N) is 3. The molecule has 0 radical (unpaired) electrons. The maximum Gasteiger partial charge on any atom is 0.328 e. The maximum atomic E-state index is 14.3. The molecule has 0 spiro atoms. The van der Waals surface area contributed by atoms with Gasteiger partial charge in [-0.05, 0) is 51.4 Å². The molecule has 16 amide bonds. The van der Waals surface area contributed by atoms with Gasteiger partial charge < -0.3 is 127 Å². The van der Waals surface area contributed by atoms with Crippen LogP contribution in [0.25, 0.3) is 0 Å². The Labute approximate surface area is 552 Å². The predicted octanol–water partition coefficient (Wildman–Crippen LogP) is -14.2. The average molecular weight is 1390 g/mol. The average Bonchev–Trinajstić information content (AvgIpc) is 1.74. The predicted molar refractivity (Wildman–Crippen MR) is 327 cm³/mol. The summed E-state index contributed by atoms with van der Waals surface area (Å²) in [6.07, 6.45) is -4.28. The zero-order chi connectivity index (χ0) is 73.5. The first kappa shape index (κ1) is 84.1. The number of hydrogen-bond donors (Lipinski definition) is 23. The number of hydrogen-bond acceptors (Lipinski definition) is 23. The Kier molecular flexibility index (Phi) is 38.7. The number of aliphatic hydroxyl groups excluding tert-OH is 2. The Hall–Kier alpha value is -10.9. The van der Waals surface area contributed by atoms with Crippen molar-refractivity contribution in [1.29, 1.82) is 0 Å². The first-order valence-corrected chi connectivity index (χ1v) is 29.8. The largest absolute Gasteiger partial charge is 0.481 e. The van der Waals surface area contributed by atoms with Crippen LogP contribution >= 0.6 is 0 Å². The van der Waals surface area contributed by atoms with Crippen LogP contribution in [0.5, 0.6) is 0 Å². The molecule has 0 unspecified atom stereocenters. The minimum atomic E-state index is -1.92. The number of aliphatic hydroxyl groups is 2. The lowest BCUT2D eigenvalue weighted by atomic mass is 10.0. The molecular formula is C53H86N20O24. The molecule has 8 atom stereocenters. The third-order valence-corrected chi connectivity index (χ3v) is 13.1. The highest BCUT2D eigenvalue weighted by Crippen LogP contribution is 2.21. The zero-order valence-corrected chi connectivity index (χ0v) is 53.2. The summed E-state index contributed by atoms with van der Waals surface area (Å²) in [5, 5.41) is 80.5. The molecule has 1 fully saturated rings. The Morgan fingerprint density at radius 1 is 0.485 bits per heavy atom. The monoisotopic (exact) mass is 1390 g/mol. The first-order chi connectivity index (χ1) is 45.6. The van der Waals surface area contributed by atoms with Gasteiger partial charge in [0.25, 0.3) is 0 Å². The van der Waals surface area contributed by atoms with E-state index in [9.17, 15) is 106 Å². The lowest BCUT2D eigenvalue weighted by Crippen LogP contribution is -2.60. The lowest BCUT2D eigenvalue weighted by molar-refractivity contribution is -0.144. The van der Waals surface area contributed by atoms with Crippen molar-refractivity contribution in [3.8, 4) is 0 Å². The van der Waals surface area contributed by atoms with E-state index >= 15 is 0 Å². The van der Waals surface area contributed by atoms with Crippen molar-refractivity contribution in [2.75, 3.05) is 85.1 Å². The minimum absolute atomic E-state index is 0.0474. The summed E-state index contributed by atoms with van der Waals surface area (Å²) in [5.74, 6) is -20.7. The molecule has 0 aromatic rings. The van der Waals surface area contributed by atoms with Crippen molar-refractivity contribution in [2.45, 2.75) is 121 Å². The summed E-state index contributed by atoms with van der Waals surface area (Å²) in [6, 6.07) is -11.6. The molecule has 1 rings (SSSR count). The Morgan fingerprint density at radius 3 is 1.34 bits per heavy atom. The number of carboxylic acid groups (broad SMARTS) is 3. The molecule has 1 heterocycles. The van der Waals surface area contributed by atoms with E-state index in [2.05, 4.69) is 79.4 Å². The van der Waals surface area contributed by atoms with Crippen LogP contribution in [0.15, 0.2) is 4.99 Å². The van der Waals surface area contributed by atoms with Gasteiger partial charge in [-0.2, -0.15) is 0 Å². The van der Waals surface area contributed by atoms with E-state index < -0.39 is 246 Å². The SMILES string of the molecule is CC(C)C[C@H](NC(=O)[C@H](CC(=O)O)NC(=O)CNC(=O)[C@H](CCCN=C(N)N)NC(=O)CNC(=O)CNC(=O)CNC(=O)CNC(=O)CNC(=O)CNC(=O)CN)C(=O)N1CCC[C@H]1C(=O)N[C@@H](CCC(=O)O)C(=O)N[C@H](C(=O)NCC(=O)NCC(=O)N[C@@H](CO)C(=O)O)[C@@H](C)O. The number of aliphatic carboxylic acids is 3. The van der Waals surface area contributed by atoms with Gasteiger partial charge in [0.2, 0.25) is 94.5 Å². The van der Waals surface area contributed by atoms with Crippen molar-refractivity contribution in [1.82, 2.24) is 84.7 Å². The molecule has 26 N–H and O–H groups in total. The van der Waals surface area contributed by atoms with Gasteiger partial charge in [0.1, 0.15) is 42.3 Å². The standard InChI is InChI=1S/C53H86N20O24/c1-25(2)12-30(51(95)73-11-5-7-32(73)49(93)70-28(8-9-43(86)87)47(91)72-45(26(3)75)50(94)66-20-39(82)64-22-41(84)69-31(24-74)52(96)97)71-48(92)29(13-44(88)89)68-42(85)23-65-46(90)27(6-4-10-57-53(55)56)67-40(83)21-63-38(81)19-62-37(80)18-61-36(79)17-60-35(78)16-59-34(77)15-58-33(76)14-54/h25-32,45,74-75H,4-24,54H2,1-3H3,(H,58,76)(H,59,77)(H,60,78)(H,61,79)(H,62,80)(H,63,81)(H,64,82)(H,65,90)(H,66,94)(H,67,83)(H,68,85)(H,69,84)(H,70,93)(H,71,92)(H,72,91)(H,86,87)(H,88,89)(H,96,97)(H4,55,56,57)/t26-,27+,28+,29+,30+,31+,32+,45+/m1/s1. The van der Waals surface area contributed by atoms with Gasteiger partial charge in [0.05, 0.1) is 84.6 Å². The van der Waals surface area contributed by atoms with Gasteiger partial charge in [-0.15, -0.1) is 0 Å². The Bertz CT molecular complexity index is 2890. The summed E-state index contributed by atoms with van der Waals surface area (Å²) in [7, 11) is 0. The number of aliphatic imine (C=N–C) groups is 1. The smallest absolute Gasteiger partial charge is 0.328 e. The third-order valence-electron chi connectivity index (χ3n) is 13.1. The molecule has 44 nitrogen and oxygen atoms in total. The molecule has 542 valence electrons. The fourth-order valence-corrected chi connectivity index (χ4v) is 8.28. The topological polar surface area (TPSA) is 700 Å². The van der Waals surface area contributed by atoms with E-state index in [1.165, 1.54) is 0 Å². The lowest BCUT2D eigenvalue weighted by Gasteiger charge is -2.31. The number of rotatable bonds is 45. The number of carboxylic acids is 3. The zero-order valence-electron chi connectivity index (χ0n) is 53.2. The van der Waals surface area contributed by atoms with Crippen LogP contribution in [0, 0.1) is 5.92 Å². The van der Waals surface area contributed by atoms with Gasteiger partial charge in [-0.25, -0.2) is 4.79 Å². The molecule has 0 aromatic heterocycles. The normalized spacial score (nSPS) is 14.3. The highest BCUT2D eigenvalue weighted by atomic mass is 16.4. The van der Waals surface area contributed by atoms with E-state index in [0.717, 1.165) is 11.8 Å². The van der Waals surface area contributed by atoms with E-state index in [0.29, 0.717) is 0 Å². The summed E-state index contributed by atoms with van der Waals surface area (Å²) in [4.78, 5) is 244. The van der Waals surface area contributed by atoms with Crippen LogP contribution in [0.1, 0.15) is 72.1 Å². The van der Waals surface area contributed by atoms with E-state index in [1.807, 2.05) is 5.32 Å². The second kappa shape index (κ2) is 44.6. The van der Waals surface area contributed by atoms with Gasteiger partial charge in [0, 0.05) is 19.5 Å². The first-order valence-electron chi connectivity index (χ1n) is 29.8. The molecule has 0 aromatic carbocycles. The van der Waals surface area contributed by atoms with Crippen LogP contribution in [0.2, 0.25) is 0 Å². The summed E-state index contributed by atoms with van der Waals surface area (Å²) in [5.41, 5.74) is 15.9. The Balaban J connectivity index is 3.05. The maximum absolute atomic E-state index is 14.3. The van der Waals surface area contributed by atoms with Crippen molar-refractivity contribution in [3.63, 3.8) is 0 Å². The van der Waals surface area contributed by atoms with Crippen molar-refractivity contribution in [2.24, 2.45) is 28.1 Å². The number of nitrogens with zero attached hydrogens (tertiary/aromatic N) is 2. The highest BCUT2D eigenvalue weighted by Gasteiger charge is 2.41. The van der Waals surface area contributed by atoms with E-state index in [1.54, 1.807) is 13.8 Å². The van der Waals surface area contributed by atoms with Crippen molar-refractivity contribution in [3.05, 3.63) is 0 Å². The van der Waals surface area contributed by atoms with Crippen LogP contribution in [0.3, 0.4) is 0 Å². The molecule has 0 saturated carbocycles. The molecule has 1 aliphatic rings. The number of carbonyl (C=O) groups is 19. The second-order valence-corrected chi connectivity index (χ2v) is 21.6. The third kappa shape index (κ3) is 35.8. The molecule has 0 aliphatic carbocycles. The van der Waals surface area contributed by atoms with Gasteiger partial charge >= 0.3 is 17.9 Å². The number of carbonyl (C=O) groups excluding carboxylic acids is 16. The Morgan fingerprint density at radius 2 is 0.907 bits per heavy atom. The second-order valence-electron chi connectivity index (χ2n) is 21.6. The minimum Gasteiger partial charge on any atom is -0.481 e. The van der Waals surface area contributed by atoms with Crippen molar-refractivity contribution < 1.29 is 117 Å². The van der Waals surface area contributed by atoms with Gasteiger partial charge in [0.15, 0.2) is 5.96 Å². The van der Waals surface area contributed by atoms with Crippen LogP contribution in [-0.2, 0) is 91.1 Å². The quantitative estimate of drug-likeness (QED) is 0.0153. The number of likely N-dealkylation sites (tertiary alicyclic amines) is 1. The van der Waals surface area contributed by atoms with Crippen LogP contribution in [-0.4, -0.2) is 282 Å².